The number of amides is 1. The Morgan fingerprint density at radius 2 is 2.28 bits per heavy atom. The highest BCUT2D eigenvalue weighted by atomic mass is 16.3. The lowest BCUT2D eigenvalue weighted by molar-refractivity contribution is 0.0922. The van der Waals surface area contributed by atoms with Crippen molar-refractivity contribution in [2.24, 2.45) is 5.41 Å². The van der Waals surface area contributed by atoms with Crippen LogP contribution < -0.4 is 10.6 Å². The minimum atomic E-state index is -0.208. The average Bonchev–Trinajstić information content (AvgIpc) is 2.38. The van der Waals surface area contributed by atoms with Gasteiger partial charge in [0.05, 0.1) is 5.56 Å². The average molecular weight is 248 g/mol. The largest absolute Gasteiger partial charge is 0.507 e. The molecule has 0 bridgehead atoms. The molecule has 1 amide bonds. The summed E-state index contributed by atoms with van der Waals surface area (Å²) >= 11 is 0. The normalized spacial score (nSPS) is 23.6. The van der Waals surface area contributed by atoms with Crippen molar-refractivity contribution in [3.8, 4) is 5.75 Å². The number of phenols is 1. The van der Waals surface area contributed by atoms with E-state index < -0.39 is 0 Å². The highest BCUT2D eigenvalue weighted by Gasteiger charge is 2.27. The van der Waals surface area contributed by atoms with Gasteiger partial charge in [0.15, 0.2) is 0 Å². The highest BCUT2D eigenvalue weighted by molar-refractivity contribution is 5.96. The molecule has 1 aromatic rings. The van der Waals surface area contributed by atoms with Crippen molar-refractivity contribution in [1.82, 2.24) is 10.6 Å². The molecule has 4 nitrogen and oxygen atoms in total. The molecule has 0 aromatic heterocycles. The highest BCUT2D eigenvalue weighted by Crippen LogP contribution is 2.24. The van der Waals surface area contributed by atoms with Gasteiger partial charge >= 0.3 is 0 Å². The molecule has 1 saturated heterocycles. The smallest absolute Gasteiger partial charge is 0.255 e. The number of carbonyl (C=O) groups is 1. The van der Waals surface area contributed by atoms with Crippen LogP contribution in [0.5, 0.6) is 5.75 Å². The molecule has 1 fully saturated rings. The van der Waals surface area contributed by atoms with E-state index >= 15 is 0 Å². The zero-order valence-corrected chi connectivity index (χ0v) is 10.7. The molecule has 98 valence electrons. The summed E-state index contributed by atoms with van der Waals surface area (Å²) in [5.41, 5.74) is 0.447. The molecule has 18 heavy (non-hydrogen) atoms. The maximum absolute atomic E-state index is 12.0. The van der Waals surface area contributed by atoms with Gasteiger partial charge in [0.2, 0.25) is 0 Å². The molecule has 3 N–H and O–H groups in total. The molecule has 0 aliphatic carbocycles. The number of carbonyl (C=O) groups excluding carboxylic acids is 1. The van der Waals surface area contributed by atoms with Crippen molar-refractivity contribution >= 4 is 5.91 Å². The summed E-state index contributed by atoms with van der Waals surface area (Å²) in [4.78, 5) is 12.0. The number of nitrogens with one attached hydrogen (secondary N) is 2. The monoisotopic (exact) mass is 248 g/mol. The van der Waals surface area contributed by atoms with Gasteiger partial charge in [0.25, 0.3) is 5.91 Å². The van der Waals surface area contributed by atoms with E-state index in [1.54, 1.807) is 18.2 Å². The van der Waals surface area contributed by atoms with E-state index in [1.165, 1.54) is 6.07 Å². The van der Waals surface area contributed by atoms with E-state index in [4.69, 9.17) is 0 Å². The Bertz CT molecular complexity index is 426. The van der Waals surface area contributed by atoms with Crippen LogP contribution in [-0.2, 0) is 0 Å². The van der Waals surface area contributed by atoms with Crippen molar-refractivity contribution in [3.63, 3.8) is 0 Å². The second-order valence-electron chi connectivity index (χ2n) is 5.29. The van der Waals surface area contributed by atoms with Crippen LogP contribution in [0.2, 0.25) is 0 Å². The fraction of sp³-hybridized carbons (Fsp3) is 0.500. The minimum absolute atomic E-state index is 0.0296. The Hall–Kier alpha value is -1.55. The van der Waals surface area contributed by atoms with Crippen LogP contribution in [-0.4, -0.2) is 30.6 Å². The van der Waals surface area contributed by atoms with Gasteiger partial charge in [0.1, 0.15) is 5.75 Å². The molecule has 0 saturated carbocycles. The van der Waals surface area contributed by atoms with E-state index in [0.29, 0.717) is 12.1 Å². The lowest BCUT2D eigenvalue weighted by Gasteiger charge is -2.34. The molecule has 1 unspecified atom stereocenters. The van der Waals surface area contributed by atoms with Gasteiger partial charge in [-0.15, -0.1) is 0 Å². The number of hydrogen-bond donors (Lipinski definition) is 3. The zero-order chi connectivity index (χ0) is 13.0. The number of para-hydroxylation sites is 1. The molecule has 4 heteroatoms. The molecular weight excluding hydrogens is 228 g/mol. The van der Waals surface area contributed by atoms with Gasteiger partial charge in [-0.3, -0.25) is 4.79 Å². The van der Waals surface area contributed by atoms with Crippen LogP contribution in [0.3, 0.4) is 0 Å². The van der Waals surface area contributed by atoms with Crippen LogP contribution in [0.1, 0.15) is 30.1 Å². The summed E-state index contributed by atoms with van der Waals surface area (Å²) in [6, 6.07) is 6.61. The van der Waals surface area contributed by atoms with Crippen LogP contribution in [0, 0.1) is 5.41 Å². The lowest BCUT2D eigenvalue weighted by atomic mass is 9.83. The third-order valence-corrected chi connectivity index (χ3v) is 3.51. The van der Waals surface area contributed by atoms with Crippen LogP contribution in [0.4, 0.5) is 0 Å². The van der Waals surface area contributed by atoms with Gasteiger partial charge < -0.3 is 15.7 Å². The molecule has 0 spiro atoms. The second kappa shape index (κ2) is 5.40. The maximum atomic E-state index is 12.0. The molecule has 1 atom stereocenters. The third-order valence-electron chi connectivity index (χ3n) is 3.51. The van der Waals surface area contributed by atoms with Gasteiger partial charge in [-0.05, 0) is 36.9 Å². The molecule has 1 aromatic carbocycles. The van der Waals surface area contributed by atoms with Crippen molar-refractivity contribution in [2.75, 3.05) is 19.6 Å². The van der Waals surface area contributed by atoms with Gasteiger partial charge in [-0.1, -0.05) is 19.1 Å². The molecule has 2 rings (SSSR count). The predicted octanol–water partition coefficient (Wildman–Crippen LogP) is 1.51. The minimum Gasteiger partial charge on any atom is -0.507 e. The van der Waals surface area contributed by atoms with Crippen molar-refractivity contribution in [2.45, 2.75) is 19.8 Å². The van der Waals surface area contributed by atoms with Crippen molar-refractivity contribution in [3.05, 3.63) is 29.8 Å². The molecule has 1 heterocycles. The maximum Gasteiger partial charge on any atom is 0.255 e. The Morgan fingerprint density at radius 3 is 2.94 bits per heavy atom. The molecule has 1 aliphatic rings. The first-order valence-electron chi connectivity index (χ1n) is 6.38. The van der Waals surface area contributed by atoms with Crippen LogP contribution in [0.15, 0.2) is 24.3 Å². The summed E-state index contributed by atoms with van der Waals surface area (Å²) in [6.07, 6.45) is 2.25. The second-order valence-corrected chi connectivity index (χ2v) is 5.29. The van der Waals surface area contributed by atoms with Gasteiger partial charge in [-0.2, -0.15) is 0 Å². The van der Waals surface area contributed by atoms with E-state index in [-0.39, 0.29) is 17.1 Å². The summed E-state index contributed by atoms with van der Waals surface area (Å²) in [7, 11) is 0. The summed E-state index contributed by atoms with van der Waals surface area (Å²) in [5.74, 6) is -0.179. The fourth-order valence-corrected chi connectivity index (χ4v) is 2.32. The SMILES string of the molecule is CC1(CNC(=O)c2ccccc2O)CCCNC1. The number of hydrogen-bond acceptors (Lipinski definition) is 3. The first kappa shape index (κ1) is 12.9. The van der Waals surface area contributed by atoms with E-state index in [2.05, 4.69) is 17.6 Å². The van der Waals surface area contributed by atoms with E-state index in [1.807, 2.05) is 0 Å². The van der Waals surface area contributed by atoms with Gasteiger partial charge in [0, 0.05) is 13.1 Å². The van der Waals surface area contributed by atoms with Crippen molar-refractivity contribution in [1.29, 1.82) is 0 Å². The van der Waals surface area contributed by atoms with Crippen molar-refractivity contribution < 1.29 is 9.90 Å². The van der Waals surface area contributed by atoms with Crippen LogP contribution in [0.25, 0.3) is 0 Å². The van der Waals surface area contributed by atoms with Crippen LogP contribution >= 0.6 is 0 Å². The first-order valence-corrected chi connectivity index (χ1v) is 6.38. The summed E-state index contributed by atoms with van der Waals surface area (Å²) in [6.45, 7) is 4.79. The third kappa shape index (κ3) is 3.01. The fourth-order valence-electron chi connectivity index (χ4n) is 2.32. The van der Waals surface area contributed by atoms with E-state index in [0.717, 1.165) is 25.9 Å². The standard InChI is InChI=1S/C14H20N2O2/c1-14(7-4-8-15-9-14)10-16-13(18)11-5-2-3-6-12(11)17/h2-3,5-6,15,17H,4,7-10H2,1H3,(H,16,18). The predicted molar refractivity (Wildman–Crippen MR) is 70.7 cm³/mol. The summed E-state index contributed by atoms with van der Waals surface area (Å²) in [5, 5.41) is 15.9. The summed E-state index contributed by atoms with van der Waals surface area (Å²) < 4.78 is 0. The Labute approximate surface area is 107 Å². The lowest BCUT2D eigenvalue weighted by Crippen LogP contribution is -2.45. The molecular formula is C14H20N2O2. The number of phenolic OH excluding ortho intramolecular Hbond substituents is 1. The molecule has 0 radical (unpaired) electrons. The topological polar surface area (TPSA) is 61.4 Å². The quantitative estimate of drug-likeness (QED) is 0.760. The first-order chi connectivity index (χ1) is 8.61. The van der Waals surface area contributed by atoms with Gasteiger partial charge in [-0.25, -0.2) is 0 Å². The number of rotatable bonds is 3. The number of piperidine rings is 1. The van der Waals surface area contributed by atoms with E-state index in [9.17, 15) is 9.90 Å². The number of aromatic hydroxyl groups is 1. The Morgan fingerprint density at radius 1 is 1.50 bits per heavy atom. The zero-order valence-electron chi connectivity index (χ0n) is 10.7. The Balaban J connectivity index is 1.94. The Kier molecular flexibility index (Phi) is 3.87. The molecule has 1 aliphatic heterocycles. The number of benzene rings is 1.